The minimum absolute atomic E-state index is 0.142. The molecule has 2 aromatic rings. The molecule has 1 aromatic carbocycles. The monoisotopic (exact) mass is 349 g/mol. The first-order valence-corrected chi connectivity index (χ1v) is 8.08. The number of rotatable bonds is 5. The van der Waals surface area contributed by atoms with Gasteiger partial charge in [0.15, 0.2) is 0 Å². The Morgan fingerprint density at radius 2 is 1.95 bits per heavy atom. The summed E-state index contributed by atoms with van der Waals surface area (Å²) in [6.45, 7) is 2.01. The Labute approximate surface area is 137 Å². The fraction of sp³-hybridized carbons (Fsp3) is 0.286. The number of halogens is 3. The van der Waals surface area contributed by atoms with E-state index in [0.29, 0.717) is 20.1 Å². The number of benzene rings is 1. The van der Waals surface area contributed by atoms with Crippen LogP contribution in [-0.2, 0) is 0 Å². The van der Waals surface area contributed by atoms with Gasteiger partial charge in [0.25, 0.3) is 0 Å². The molecule has 1 aromatic heterocycles. The molecule has 0 bridgehead atoms. The summed E-state index contributed by atoms with van der Waals surface area (Å²) in [5.41, 5.74) is 6.16. The fourth-order valence-electron chi connectivity index (χ4n) is 1.76. The number of ether oxygens (including phenoxy) is 1. The van der Waals surface area contributed by atoms with Crippen molar-refractivity contribution in [2.45, 2.75) is 25.5 Å². The van der Waals surface area contributed by atoms with Gasteiger partial charge in [0.2, 0.25) is 0 Å². The molecule has 2 rings (SSSR count). The Balaban J connectivity index is 2.28. The molecule has 0 aliphatic heterocycles. The average molecular weight is 351 g/mol. The first-order chi connectivity index (χ1) is 9.51. The highest BCUT2D eigenvalue weighted by molar-refractivity contribution is 7.16. The first-order valence-electron chi connectivity index (χ1n) is 6.13. The van der Waals surface area contributed by atoms with Gasteiger partial charge in [-0.05, 0) is 36.8 Å². The van der Waals surface area contributed by atoms with Gasteiger partial charge < -0.3 is 10.5 Å². The normalized spacial score (nSPS) is 14.1. The van der Waals surface area contributed by atoms with E-state index in [1.165, 1.54) is 11.3 Å². The minimum Gasteiger partial charge on any atom is -0.482 e. The van der Waals surface area contributed by atoms with E-state index in [1.807, 2.05) is 19.1 Å². The van der Waals surface area contributed by atoms with Crippen LogP contribution in [0.15, 0.2) is 30.3 Å². The molecule has 0 saturated carbocycles. The van der Waals surface area contributed by atoms with Crippen molar-refractivity contribution in [2.24, 2.45) is 5.73 Å². The van der Waals surface area contributed by atoms with Gasteiger partial charge in [-0.2, -0.15) is 0 Å². The quantitative estimate of drug-likeness (QED) is 0.765. The minimum atomic E-state index is -0.281. The summed E-state index contributed by atoms with van der Waals surface area (Å²) in [5.74, 6) is 0.564. The van der Waals surface area contributed by atoms with Crippen molar-refractivity contribution < 1.29 is 4.74 Å². The highest BCUT2D eigenvalue weighted by Gasteiger charge is 2.23. The maximum atomic E-state index is 6.16. The number of hydrogen-bond acceptors (Lipinski definition) is 3. The lowest BCUT2D eigenvalue weighted by Gasteiger charge is -2.24. The molecule has 0 aliphatic carbocycles. The van der Waals surface area contributed by atoms with Crippen molar-refractivity contribution in [3.05, 3.63) is 49.6 Å². The molecule has 2 nitrogen and oxygen atoms in total. The van der Waals surface area contributed by atoms with Crippen LogP contribution in [0.1, 0.15) is 24.3 Å². The van der Waals surface area contributed by atoms with E-state index in [-0.39, 0.29) is 12.1 Å². The summed E-state index contributed by atoms with van der Waals surface area (Å²) < 4.78 is 6.70. The molecule has 0 fully saturated rings. The second-order valence-electron chi connectivity index (χ2n) is 4.33. The Morgan fingerprint density at radius 3 is 2.50 bits per heavy atom. The number of hydrogen-bond donors (Lipinski definition) is 1. The maximum Gasteiger partial charge on any atom is 0.148 e. The SMILES string of the molecule is CCC(N)C(Oc1ccc(Cl)cc1Cl)c1ccc(Cl)s1. The van der Waals surface area contributed by atoms with Gasteiger partial charge in [-0.25, -0.2) is 0 Å². The molecule has 0 saturated heterocycles. The maximum absolute atomic E-state index is 6.16. The van der Waals surface area contributed by atoms with Gasteiger partial charge in [0, 0.05) is 15.9 Å². The highest BCUT2D eigenvalue weighted by atomic mass is 35.5. The Hall–Kier alpha value is -0.450. The van der Waals surface area contributed by atoms with E-state index < -0.39 is 0 Å². The van der Waals surface area contributed by atoms with Crippen LogP contribution in [0.2, 0.25) is 14.4 Å². The lowest BCUT2D eigenvalue weighted by molar-refractivity contribution is 0.175. The smallest absolute Gasteiger partial charge is 0.148 e. The first kappa shape index (κ1) is 15.9. The summed E-state index contributed by atoms with van der Waals surface area (Å²) in [5, 5.41) is 1.03. The van der Waals surface area contributed by atoms with E-state index in [9.17, 15) is 0 Å². The topological polar surface area (TPSA) is 35.2 Å². The molecule has 0 radical (unpaired) electrons. The van der Waals surface area contributed by atoms with E-state index in [4.69, 9.17) is 45.3 Å². The van der Waals surface area contributed by atoms with Gasteiger partial charge in [0.05, 0.1) is 9.36 Å². The van der Waals surface area contributed by atoms with Crippen LogP contribution in [0.25, 0.3) is 0 Å². The molecule has 108 valence electrons. The molecule has 2 atom stereocenters. The lowest BCUT2D eigenvalue weighted by atomic mass is 10.1. The molecule has 2 N–H and O–H groups in total. The van der Waals surface area contributed by atoms with Crippen LogP contribution in [-0.4, -0.2) is 6.04 Å². The standard InChI is InChI=1S/C14H14Cl3NOS/c1-2-10(18)14(12-5-6-13(17)20-12)19-11-4-3-8(15)7-9(11)16/h3-7,10,14H,2,18H2,1H3. The highest BCUT2D eigenvalue weighted by Crippen LogP contribution is 2.36. The Kier molecular flexibility index (Phi) is 5.58. The van der Waals surface area contributed by atoms with Crippen LogP contribution in [0.5, 0.6) is 5.75 Å². The molecular weight excluding hydrogens is 337 g/mol. The zero-order valence-electron chi connectivity index (χ0n) is 10.8. The van der Waals surface area contributed by atoms with Gasteiger partial charge in [-0.1, -0.05) is 41.7 Å². The summed E-state index contributed by atoms with van der Waals surface area (Å²) in [4.78, 5) is 0.982. The number of nitrogens with two attached hydrogens (primary N) is 1. The third-order valence-electron chi connectivity index (χ3n) is 2.88. The molecular formula is C14H14Cl3NOS. The molecule has 2 unspecified atom stereocenters. The van der Waals surface area contributed by atoms with Crippen molar-refractivity contribution in [1.82, 2.24) is 0 Å². The summed E-state index contributed by atoms with van der Waals surface area (Å²) in [7, 11) is 0. The van der Waals surface area contributed by atoms with Crippen LogP contribution in [0.4, 0.5) is 0 Å². The Morgan fingerprint density at radius 1 is 1.20 bits per heavy atom. The van der Waals surface area contributed by atoms with Gasteiger partial charge in [-0.15, -0.1) is 11.3 Å². The van der Waals surface area contributed by atoms with Crippen LogP contribution < -0.4 is 10.5 Å². The third-order valence-corrected chi connectivity index (χ3v) is 4.71. The van der Waals surface area contributed by atoms with E-state index in [1.54, 1.807) is 18.2 Å². The van der Waals surface area contributed by atoms with Crippen molar-refractivity contribution in [3.63, 3.8) is 0 Å². The van der Waals surface area contributed by atoms with Crippen molar-refractivity contribution in [2.75, 3.05) is 0 Å². The van der Waals surface area contributed by atoms with Gasteiger partial charge in [-0.3, -0.25) is 0 Å². The average Bonchev–Trinajstić information content (AvgIpc) is 2.83. The predicted octanol–water partition coefficient (Wildman–Crippen LogP) is 5.57. The fourth-order valence-corrected chi connectivity index (χ4v) is 3.38. The van der Waals surface area contributed by atoms with Gasteiger partial charge >= 0.3 is 0 Å². The molecule has 20 heavy (non-hydrogen) atoms. The van der Waals surface area contributed by atoms with Crippen LogP contribution in [0.3, 0.4) is 0 Å². The van der Waals surface area contributed by atoms with Gasteiger partial charge in [0.1, 0.15) is 11.9 Å². The second kappa shape index (κ2) is 7.01. The summed E-state index contributed by atoms with van der Waals surface area (Å²) >= 11 is 19.5. The third kappa shape index (κ3) is 3.80. The number of thiophene rings is 1. The van der Waals surface area contributed by atoms with E-state index >= 15 is 0 Å². The largest absolute Gasteiger partial charge is 0.482 e. The molecule has 0 spiro atoms. The van der Waals surface area contributed by atoms with E-state index in [0.717, 1.165) is 11.3 Å². The van der Waals surface area contributed by atoms with Crippen molar-refractivity contribution in [1.29, 1.82) is 0 Å². The predicted molar refractivity (Wildman–Crippen MR) is 87.4 cm³/mol. The van der Waals surface area contributed by atoms with Crippen LogP contribution >= 0.6 is 46.1 Å². The van der Waals surface area contributed by atoms with Crippen LogP contribution in [0, 0.1) is 0 Å². The molecule has 1 heterocycles. The molecule has 6 heteroatoms. The summed E-state index contributed by atoms with van der Waals surface area (Å²) in [6.07, 6.45) is 0.502. The molecule has 0 amide bonds. The van der Waals surface area contributed by atoms with E-state index in [2.05, 4.69) is 0 Å². The van der Waals surface area contributed by atoms with Crippen molar-refractivity contribution in [3.8, 4) is 5.75 Å². The molecule has 0 aliphatic rings. The lowest BCUT2D eigenvalue weighted by Crippen LogP contribution is -2.30. The zero-order chi connectivity index (χ0) is 14.7. The Bertz CT molecular complexity index is 588. The summed E-state index contributed by atoms with van der Waals surface area (Å²) in [6, 6.07) is 8.75. The second-order valence-corrected chi connectivity index (χ2v) is 6.92. The zero-order valence-corrected chi connectivity index (χ0v) is 13.9. The van der Waals surface area contributed by atoms with Crippen molar-refractivity contribution >= 4 is 46.1 Å².